The van der Waals surface area contributed by atoms with Crippen LogP contribution in [0.3, 0.4) is 0 Å². The zero-order valence-corrected chi connectivity index (χ0v) is 12.2. The zero-order chi connectivity index (χ0) is 13.2. The van der Waals surface area contributed by atoms with Crippen molar-refractivity contribution in [2.45, 2.75) is 32.6 Å². The number of halogens is 1. The largest absolute Gasteiger partial charge is 0.389 e. The van der Waals surface area contributed by atoms with Gasteiger partial charge < -0.3 is 11.1 Å². The van der Waals surface area contributed by atoms with E-state index in [1.807, 2.05) is 18.2 Å². The summed E-state index contributed by atoms with van der Waals surface area (Å²) in [5.41, 5.74) is 8.03. The van der Waals surface area contributed by atoms with E-state index in [1.54, 1.807) is 0 Å². The molecule has 2 rings (SSSR count). The van der Waals surface area contributed by atoms with Gasteiger partial charge in [-0.2, -0.15) is 0 Å². The maximum Gasteiger partial charge on any atom is 0.106 e. The topological polar surface area (TPSA) is 38.0 Å². The normalized spacial score (nSPS) is 17.0. The lowest BCUT2D eigenvalue weighted by Crippen LogP contribution is -2.36. The van der Waals surface area contributed by atoms with Gasteiger partial charge in [-0.15, -0.1) is 0 Å². The van der Waals surface area contributed by atoms with Crippen molar-refractivity contribution in [3.05, 3.63) is 28.8 Å². The number of thiocarbonyl (C=S) groups is 1. The molecule has 0 aromatic heterocycles. The number of rotatable bonds is 5. The summed E-state index contributed by atoms with van der Waals surface area (Å²) in [6.07, 6.45) is 5.19. The third-order valence-corrected chi connectivity index (χ3v) is 4.52. The van der Waals surface area contributed by atoms with Gasteiger partial charge in [0.2, 0.25) is 0 Å². The fourth-order valence-electron chi connectivity index (χ4n) is 2.49. The zero-order valence-electron chi connectivity index (χ0n) is 10.6. The number of hydrogen-bond donors (Lipinski definition) is 2. The Morgan fingerprint density at radius 2 is 2.22 bits per heavy atom. The lowest BCUT2D eigenvalue weighted by molar-refractivity contribution is 0.145. The number of benzene rings is 1. The summed E-state index contributed by atoms with van der Waals surface area (Å²) < 4.78 is 0. The Morgan fingerprint density at radius 3 is 2.72 bits per heavy atom. The van der Waals surface area contributed by atoms with Gasteiger partial charge in [0.15, 0.2) is 0 Å². The van der Waals surface area contributed by atoms with Crippen molar-refractivity contribution >= 4 is 34.5 Å². The third-order valence-electron chi connectivity index (χ3n) is 4.07. The van der Waals surface area contributed by atoms with Crippen LogP contribution in [0.1, 0.15) is 38.2 Å². The first kappa shape index (κ1) is 13.6. The average Bonchev–Trinajstić information content (AvgIpc) is 2.29. The van der Waals surface area contributed by atoms with Crippen LogP contribution in [0.4, 0.5) is 5.69 Å². The van der Waals surface area contributed by atoms with E-state index >= 15 is 0 Å². The van der Waals surface area contributed by atoms with Gasteiger partial charge in [-0.3, -0.25) is 0 Å². The predicted octanol–water partition coefficient (Wildman–Crippen LogP) is 3.97. The van der Waals surface area contributed by atoms with E-state index in [9.17, 15) is 0 Å². The fraction of sp³-hybridized carbons (Fsp3) is 0.500. The standard InChI is InChI=1S/C14H19ClN2S/c1-2-14(6-3-7-14)9-17-12-5-4-10(15)8-11(12)13(16)18/h4-5,8,17H,2-3,6-7,9H2,1H3,(H2,16,18). The Morgan fingerprint density at radius 1 is 1.50 bits per heavy atom. The summed E-state index contributed by atoms with van der Waals surface area (Å²) in [7, 11) is 0. The second-order valence-corrected chi connectivity index (χ2v) is 5.99. The van der Waals surface area contributed by atoms with Gasteiger partial charge >= 0.3 is 0 Å². The second-order valence-electron chi connectivity index (χ2n) is 5.11. The van der Waals surface area contributed by atoms with Gasteiger partial charge in [0.1, 0.15) is 4.99 Å². The molecule has 1 fully saturated rings. The van der Waals surface area contributed by atoms with Crippen molar-refractivity contribution in [3.63, 3.8) is 0 Å². The van der Waals surface area contributed by atoms with E-state index in [0.717, 1.165) is 17.8 Å². The summed E-state index contributed by atoms with van der Waals surface area (Å²) in [6, 6.07) is 5.65. The van der Waals surface area contributed by atoms with Crippen LogP contribution in [0.2, 0.25) is 5.02 Å². The second kappa shape index (κ2) is 5.45. The lowest BCUT2D eigenvalue weighted by atomic mass is 9.67. The summed E-state index contributed by atoms with van der Waals surface area (Å²) >= 11 is 11.0. The molecule has 1 aromatic rings. The molecular weight excluding hydrogens is 264 g/mol. The molecule has 1 aliphatic rings. The van der Waals surface area contributed by atoms with Crippen LogP contribution < -0.4 is 11.1 Å². The molecule has 0 unspecified atom stereocenters. The number of hydrogen-bond acceptors (Lipinski definition) is 2. The molecule has 0 aliphatic heterocycles. The maximum absolute atomic E-state index is 5.97. The quantitative estimate of drug-likeness (QED) is 0.803. The molecule has 0 saturated heterocycles. The molecule has 0 spiro atoms. The van der Waals surface area contributed by atoms with Crippen molar-refractivity contribution in [3.8, 4) is 0 Å². The van der Waals surface area contributed by atoms with Gasteiger partial charge in [0.05, 0.1) is 0 Å². The van der Waals surface area contributed by atoms with Crippen molar-refractivity contribution in [2.75, 3.05) is 11.9 Å². The van der Waals surface area contributed by atoms with Gasteiger partial charge in [-0.25, -0.2) is 0 Å². The minimum atomic E-state index is 0.388. The Hall–Kier alpha value is -0.800. The van der Waals surface area contributed by atoms with Crippen LogP contribution in [0.25, 0.3) is 0 Å². The lowest BCUT2D eigenvalue weighted by Gasteiger charge is -2.41. The molecular formula is C14H19ClN2S. The molecule has 2 nitrogen and oxygen atoms in total. The first-order valence-electron chi connectivity index (χ1n) is 6.39. The van der Waals surface area contributed by atoms with E-state index in [4.69, 9.17) is 29.6 Å². The summed E-state index contributed by atoms with van der Waals surface area (Å²) in [5.74, 6) is 0. The molecule has 0 bridgehead atoms. The monoisotopic (exact) mass is 282 g/mol. The SMILES string of the molecule is CCC1(CNc2ccc(Cl)cc2C(N)=S)CCC1. The van der Waals surface area contributed by atoms with E-state index in [-0.39, 0.29) is 0 Å². The van der Waals surface area contributed by atoms with Crippen LogP contribution in [-0.4, -0.2) is 11.5 Å². The first-order valence-corrected chi connectivity index (χ1v) is 7.18. The van der Waals surface area contributed by atoms with Crippen molar-refractivity contribution in [1.82, 2.24) is 0 Å². The van der Waals surface area contributed by atoms with Crippen molar-refractivity contribution in [2.24, 2.45) is 11.1 Å². The minimum Gasteiger partial charge on any atom is -0.389 e. The summed E-state index contributed by atoms with van der Waals surface area (Å²) in [5, 5.41) is 4.15. The third kappa shape index (κ3) is 2.78. The van der Waals surface area contributed by atoms with Crippen LogP contribution in [0.5, 0.6) is 0 Å². The summed E-state index contributed by atoms with van der Waals surface area (Å²) in [4.78, 5) is 0.388. The molecule has 1 aromatic carbocycles. The molecule has 4 heteroatoms. The highest BCUT2D eigenvalue weighted by molar-refractivity contribution is 7.80. The van der Waals surface area contributed by atoms with Gasteiger partial charge in [0.25, 0.3) is 0 Å². The molecule has 3 N–H and O–H groups in total. The molecule has 0 atom stereocenters. The van der Waals surface area contributed by atoms with Crippen LogP contribution in [0, 0.1) is 5.41 Å². The Bertz CT molecular complexity index is 450. The van der Waals surface area contributed by atoms with Gasteiger partial charge in [0, 0.05) is 22.8 Å². The predicted molar refractivity (Wildman–Crippen MR) is 82.4 cm³/mol. The number of nitrogens with one attached hydrogen (secondary N) is 1. The number of nitrogens with two attached hydrogens (primary N) is 1. The number of anilines is 1. The highest BCUT2D eigenvalue weighted by Gasteiger charge is 2.34. The smallest absolute Gasteiger partial charge is 0.106 e. The van der Waals surface area contributed by atoms with Gasteiger partial charge in [-0.05, 0) is 42.9 Å². The molecule has 98 valence electrons. The molecule has 0 heterocycles. The van der Waals surface area contributed by atoms with E-state index in [1.165, 1.54) is 25.7 Å². The minimum absolute atomic E-state index is 0.388. The maximum atomic E-state index is 5.97. The molecule has 1 saturated carbocycles. The van der Waals surface area contributed by atoms with E-state index in [0.29, 0.717) is 15.4 Å². The molecule has 18 heavy (non-hydrogen) atoms. The van der Waals surface area contributed by atoms with Crippen LogP contribution >= 0.6 is 23.8 Å². The van der Waals surface area contributed by atoms with Crippen molar-refractivity contribution < 1.29 is 0 Å². The fourth-order valence-corrected chi connectivity index (χ4v) is 2.83. The Labute approximate surface area is 119 Å². The Kier molecular flexibility index (Phi) is 4.13. The highest BCUT2D eigenvalue weighted by Crippen LogP contribution is 2.43. The van der Waals surface area contributed by atoms with E-state index in [2.05, 4.69) is 12.2 Å². The summed E-state index contributed by atoms with van der Waals surface area (Å²) in [6.45, 7) is 3.25. The van der Waals surface area contributed by atoms with E-state index < -0.39 is 0 Å². The first-order chi connectivity index (χ1) is 8.56. The van der Waals surface area contributed by atoms with Crippen LogP contribution in [-0.2, 0) is 0 Å². The van der Waals surface area contributed by atoms with Crippen LogP contribution in [0.15, 0.2) is 18.2 Å². The van der Waals surface area contributed by atoms with Gasteiger partial charge in [-0.1, -0.05) is 37.2 Å². The highest BCUT2D eigenvalue weighted by atomic mass is 35.5. The molecule has 0 amide bonds. The van der Waals surface area contributed by atoms with Crippen molar-refractivity contribution in [1.29, 1.82) is 0 Å². The molecule has 1 aliphatic carbocycles. The average molecular weight is 283 g/mol. The molecule has 0 radical (unpaired) electrons. The Balaban J connectivity index is 2.11.